The molecule has 2 aromatic rings. The molecule has 0 spiro atoms. The van der Waals surface area contributed by atoms with Crippen molar-refractivity contribution in [3.05, 3.63) is 34.5 Å². The molecule has 0 amide bonds. The molecule has 1 heterocycles. The highest BCUT2D eigenvalue weighted by Gasteiger charge is 2.09. The molecule has 0 atom stereocenters. The van der Waals surface area contributed by atoms with Gasteiger partial charge >= 0.3 is 0 Å². The lowest BCUT2D eigenvalue weighted by molar-refractivity contribution is 0.977. The Kier molecular flexibility index (Phi) is 4.07. The number of halogens is 1. The van der Waals surface area contributed by atoms with Crippen LogP contribution in [0.2, 0.25) is 5.02 Å². The number of nitrogens with one attached hydrogen (secondary N) is 1. The van der Waals surface area contributed by atoms with Gasteiger partial charge in [-0.1, -0.05) is 25.4 Å². The maximum absolute atomic E-state index is 6.18. The summed E-state index contributed by atoms with van der Waals surface area (Å²) in [6, 6.07) is 6.14. The second kappa shape index (κ2) is 5.57. The summed E-state index contributed by atoms with van der Waals surface area (Å²) in [6.07, 6.45) is 2.04. The molecule has 96 valence electrons. The molecular weight excluding hydrogens is 244 g/mol. The van der Waals surface area contributed by atoms with Gasteiger partial charge in [0.15, 0.2) is 0 Å². The Labute approximate surface area is 113 Å². The zero-order valence-electron chi connectivity index (χ0n) is 11.2. The number of benzene rings is 1. The van der Waals surface area contributed by atoms with Gasteiger partial charge in [-0.25, -0.2) is 0 Å². The van der Waals surface area contributed by atoms with Crippen molar-refractivity contribution in [2.75, 3.05) is 11.9 Å². The molecule has 2 rings (SSSR count). The molecule has 0 aliphatic heterocycles. The lowest BCUT2D eigenvalue weighted by Gasteiger charge is -2.12. The zero-order chi connectivity index (χ0) is 13.1. The van der Waals surface area contributed by atoms with Crippen molar-refractivity contribution in [3.8, 4) is 0 Å². The van der Waals surface area contributed by atoms with Crippen LogP contribution < -0.4 is 5.32 Å². The molecule has 1 aromatic carbocycles. The Hall–Kier alpha value is -1.28. The van der Waals surface area contributed by atoms with Gasteiger partial charge in [0.05, 0.1) is 5.52 Å². The monoisotopic (exact) mass is 262 g/mol. The van der Waals surface area contributed by atoms with E-state index in [1.54, 1.807) is 0 Å². The largest absolute Gasteiger partial charge is 0.384 e. The summed E-state index contributed by atoms with van der Waals surface area (Å²) in [7, 11) is 0. The summed E-state index contributed by atoms with van der Waals surface area (Å²) < 4.78 is 0. The number of hydrogen-bond donors (Lipinski definition) is 1. The van der Waals surface area contributed by atoms with Crippen molar-refractivity contribution in [3.63, 3.8) is 0 Å². The summed E-state index contributed by atoms with van der Waals surface area (Å²) in [5, 5.41) is 5.41. The van der Waals surface area contributed by atoms with Gasteiger partial charge in [-0.15, -0.1) is 0 Å². The molecule has 0 unspecified atom stereocenters. The van der Waals surface area contributed by atoms with Crippen LogP contribution in [0.3, 0.4) is 0 Å². The Morgan fingerprint density at radius 2 is 2.06 bits per heavy atom. The average Bonchev–Trinajstić information content (AvgIpc) is 2.40. The van der Waals surface area contributed by atoms with Crippen LogP contribution >= 0.6 is 11.6 Å². The second-order valence-corrected chi connectivity index (χ2v) is 4.92. The fourth-order valence-corrected chi connectivity index (χ4v) is 2.20. The number of pyridine rings is 1. The SMILES string of the molecule is CCCNc1cc(CC)nc2c(C)c(Cl)ccc12. The minimum atomic E-state index is 0.782. The van der Waals surface area contributed by atoms with E-state index in [2.05, 4.69) is 31.3 Å². The third-order valence-corrected chi connectivity index (χ3v) is 3.56. The van der Waals surface area contributed by atoms with Crippen molar-refractivity contribution >= 4 is 28.2 Å². The molecule has 0 aliphatic carbocycles. The van der Waals surface area contributed by atoms with Crippen LogP contribution in [0.4, 0.5) is 5.69 Å². The molecule has 0 fully saturated rings. The first-order chi connectivity index (χ1) is 8.67. The van der Waals surface area contributed by atoms with E-state index in [1.165, 1.54) is 5.69 Å². The molecule has 0 saturated carbocycles. The van der Waals surface area contributed by atoms with E-state index in [4.69, 9.17) is 16.6 Å². The first-order valence-corrected chi connectivity index (χ1v) is 6.87. The highest BCUT2D eigenvalue weighted by atomic mass is 35.5. The van der Waals surface area contributed by atoms with Crippen LogP contribution in [0, 0.1) is 6.92 Å². The first-order valence-electron chi connectivity index (χ1n) is 6.50. The summed E-state index contributed by atoms with van der Waals surface area (Å²) >= 11 is 6.18. The predicted octanol–water partition coefficient (Wildman–Crippen LogP) is 4.58. The quantitative estimate of drug-likeness (QED) is 0.872. The number of hydrogen-bond acceptors (Lipinski definition) is 2. The van der Waals surface area contributed by atoms with Crippen molar-refractivity contribution < 1.29 is 0 Å². The van der Waals surface area contributed by atoms with Crippen molar-refractivity contribution in [2.24, 2.45) is 0 Å². The Bertz CT molecular complexity index is 564. The molecular formula is C15H19ClN2. The Morgan fingerprint density at radius 1 is 1.28 bits per heavy atom. The molecule has 18 heavy (non-hydrogen) atoms. The molecule has 1 aromatic heterocycles. The second-order valence-electron chi connectivity index (χ2n) is 4.51. The average molecular weight is 263 g/mol. The third kappa shape index (κ3) is 2.44. The maximum atomic E-state index is 6.18. The van der Waals surface area contributed by atoms with E-state index in [0.717, 1.165) is 46.6 Å². The van der Waals surface area contributed by atoms with Gasteiger partial charge in [-0.05, 0) is 43.5 Å². The van der Waals surface area contributed by atoms with Crippen LogP contribution in [-0.4, -0.2) is 11.5 Å². The van der Waals surface area contributed by atoms with E-state index in [1.807, 2.05) is 13.0 Å². The van der Waals surface area contributed by atoms with E-state index >= 15 is 0 Å². The minimum absolute atomic E-state index is 0.782. The van der Waals surface area contributed by atoms with E-state index < -0.39 is 0 Å². The Balaban J connectivity index is 2.64. The van der Waals surface area contributed by atoms with Gasteiger partial charge in [-0.2, -0.15) is 0 Å². The molecule has 2 nitrogen and oxygen atoms in total. The highest BCUT2D eigenvalue weighted by molar-refractivity contribution is 6.32. The molecule has 0 saturated heterocycles. The normalized spacial score (nSPS) is 10.9. The summed E-state index contributed by atoms with van der Waals surface area (Å²) in [6.45, 7) is 7.29. The lowest BCUT2D eigenvalue weighted by atomic mass is 10.1. The van der Waals surface area contributed by atoms with Crippen LogP contribution in [0.5, 0.6) is 0 Å². The predicted molar refractivity (Wildman–Crippen MR) is 79.6 cm³/mol. The molecule has 0 bridgehead atoms. The van der Waals surface area contributed by atoms with Crippen molar-refractivity contribution in [2.45, 2.75) is 33.6 Å². The molecule has 1 N–H and O–H groups in total. The fourth-order valence-electron chi connectivity index (χ4n) is 2.04. The highest BCUT2D eigenvalue weighted by Crippen LogP contribution is 2.29. The van der Waals surface area contributed by atoms with E-state index in [0.29, 0.717) is 0 Å². The van der Waals surface area contributed by atoms with Gasteiger partial charge in [0.1, 0.15) is 0 Å². The molecule has 0 radical (unpaired) electrons. The van der Waals surface area contributed by atoms with Gasteiger partial charge in [0.2, 0.25) is 0 Å². The summed E-state index contributed by atoms with van der Waals surface area (Å²) in [4.78, 5) is 4.70. The number of aryl methyl sites for hydroxylation is 2. The number of nitrogens with zero attached hydrogens (tertiary/aromatic N) is 1. The van der Waals surface area contributed by atoms with E-state index in [9.17, 15) is 0 Å². The third-order valence-electron chi connectivity index (χ3n) is 3.15. The van der Waals surface area contributed by atoms with Crippen LogP contribution in [-0.2, 0) is 6.42 Å². The number of anilines is 1. The van der Waals surface area contributed by atoms with E-state index in [-0.39, 0.29) is 0 Å². The van der Waals surface area contributed by atoms with Gasteiger partial charge in [0.25, 0.3) is 0 Å². The van der Waals surface area contributed by atoms with Crippen LogP contribution in [0.1, 0.15) is 31.5 Å². The zero-order valence-corrected chi connectivity index (χ0v) is 11.9. The number of aromatic nitrogens is 1. The van der Waals surface area contributed by atoms with Crippen molar-refractivity contribution in [1.82, 2.24) is 4.98 Å². The van der Waals surface area contributed by atoms with Crippen LogP contribution in [0.25, 0.3) is 10.9 Å². The lowest BCUT2D eigenvalue weighted by Crippen LogP contribution is -2.03. The molecule has 0 aliphatic rings. The summed E-state index contributed by atoms with van der Waals surface area (Å²) in [5.74, 6) is 0. The topological polar surface area (TPSA) is 24.9 Å². The number of rotatable bonds is 4. The number of fused-ring (bicyclic) bond motifs is 1. The Morgan fingerprint density at radius 3 is 2.72 bits per heavy atom. The maximum Gasteiger partial charge on any atom is 0.0770 e. The minimum Gasteiger partial charge on any atom is -0.384 e. The van der Waals surface area contributed by atoms with Gasteiger partial charge < -0.3 is 5.32 Å². The van der Waals surface area contributed by atoms with Crippen molar-refractivity contribution in [1.29, 1.82) is 0 Å². The fraction of sp³-hybridized carbons (Fsp3) is 0.400. The first kappa shape index (κ1) is 13.2. The summed E-state index contributed by atoms with van der Waals surface area (Å²) in [5.41, 5.74) is 4.34. The van der Waals surface area contributed by atoms with Gasteiger partial charge in [-0.3, -0.25) is 4.98 Å². The standard InChI is InChI=1S/C15H19ClN2/c1-4-8-17-14-9-11(5-2)18-15-10(3)13(16)7-6-12(14)15/h6-7,9H,4-5,8H2,1-3H3,(H,17,18). The smallest absolute Gasteiger partial charge is 0.0770 e. The van der Waals surface area contributed by atoms with Crippen LogP contribution in [0.15, 0.2) is 18.2 Å². The van der Waals surface area contributed by atoms with Gasteiger partial charge in [0, 0.05) is 28.3 Å². The molecule has 3 heteroatoms.